The molecular weight excluding hydrogens is 235 g/mol. The van der Waals surface area contributed by atoms with E-state index >= 15 is 0 Å². The Morgan fingerprint density at radius 2 is 1.88 bits per heavy atom. The molecule has 0 aromatic rings. The van der Waals surface area contributed by atoms with Crippen LogP contribution in [-0.4, -0.2) is 25.2 Å². The topological polar surface area (TPSA) is 35.5 Å². The standard InChI is InChI=1S/C13H27O3P/c1-4-16-17(14,11-15-12(2)3)10-13-8-6-5-7-9-13/h12-13H,4-11H2,1-3H3. The number of hydrogen-bond acceptors (Lipinski definition) is 3. The van der Waals surface area contributed by atoms with Crippen molar-refractivity contribution < 1.29 is 13.8 Å². The molecule has 1 unspecified atom stereocenters. The van der Waals surface area contributed by atoms with Gasteiger partial charge in [0.1, 0.15) is 6.35 Å². The summed E-state index contributed by atoms with van der Waals surface area (Å²) in [5.41, 5.74) is 0. The summed E-state index contributed by atoms with van der Waals surface area (Å²) in [7, 11) is -2.56. The Morgan fingerprint density at radius 1 is 1.24 bits per heavy atom. The van der Waals surface area contributed by atoms with E-state index in [1.54, 1.807) is 0 Å². The highest BCUT2D eigenvalue weighted by molar-refractivity contribution is 7.58. The fraction of sp³-hybridized carbons (Fsp3) is 1.00. The molecule has 102 valence electrons. The van der Waals surface area contributed by atoms with E-state index in [1.807, 2.05) is 20.8 Å². The summed E-state index contributed by atoms with van der Waals surface area (Å²) in [5.74, 6) is 0.580. The molecule has 0 heterocycles. The van der Waals surface area contributed by atoms with Crippen molar-refractivity contribution in [3.63, 3.8) is 0 Å². The van der Waals surface area contributed by atoms with Crippen LogP contribution in [0.4, 0.5) is 0 Å². The summed E-state index contributed by atoms with van der Waals surface area (Å²) in [6, 6.07) is 0. The van der Waals surface area contributed by atoms with Gasteiger partial charge in [-0.15, -0.1) is 0 Å². The molecule has 1 rings (SSSR count). The van der Waals surface area contributed by atoms with Crippen LogP contribution in [0.3, 0.4) is 0 Å². The maximum atomic E-state index is 12.6. The quantitative estimate of drug-likeness (QED) is 0.643. The van der Waals surface area contributed by atoms with Crippen LogP contribution >= 0.6 is 7.37 Å². The van der Waals surface area contributed by atoms with Gasteiger partial charge in [-0.2, -0.15) is 0 Å². The lowest BCUT2D eigenvalue weighted by atomic mass is 9.91. The van der Waals surface area contributed by atoms with Crippen LogP contribution in [-0.2, 0) is 13.8 Å². The SMILES string of the molecule is CCOP(=O)(COC(C)C)CC1CCCCC1. The van der Waals surface area contributed by atoms with Crippen LogP contribution < -0.4 is 0 Å². The van der Waals surface area contributed by atoms with Gasteiger partial charge < -0.3 is 9.26 Å². The Balaban J connectivity index is 2.47. The van der Waals surface area contributed by atoms with Gasteiger partial charge in [-0.25, -0.2) is 0 Å². The molecule has 0 radical (unpaired) electrons. The summed E-state index contributed by atoms with van der Waals surface area (Å²) in [6.07, 6.45) is 7.43. The fourth-order valence-electron chi connectivity index (χ4n) is 2.40. The minimum absolute atomic E-state index is 0.120. The molecule has 0 amide bonds. The normalized spacial score (nSPS) is 21.6. The molecule has 1 fully saturated rings. The van der Waals surface area contributed by atoms with E-state index in [4.69, 9.17) is 9.26 Å². The van der Waals surface area contributed by atoms with E-state index in [1.165, 1.54) is 32.1 Å². The smallest absolute Gasteiger partial charge is 0.228 e. The Kier molecular flexibility index (Phi) is 6.76. The first-order valence-electron chi connectivity index (χ1n) is 6.90. The Bertz CT molecular complexity index is 247. The fourth-order valence-corrected chi connectivity index (χ4v) is 4.84. The molecule has 0 aliphatic heterocycles. The lowest BCUT2D eigenvalue weighted by molar-refractivity contribution is 0.105. The average molecular weight is 262 g/mol. The first-order chi connectivity index (χ1) is 8.06. The van der Waals surface area contributed by atoms with Crippen LogP contribution in [0.15, 0.2) is 0 Å². The second-order valence-electron chi connectivity index (χ2n) is 5.26. The molecule has 1 aliphatic carbocycles. The van der Waals surface area contributed by atoms with Crippen molar-refractivity contribution in [1.29, 1.82) is 0 Å². The minimum atomic E-state index is -2.56. The Morgan fingerprint density at radius 3 is 2.41 bits per heavy atom. The molecule has 0 saturated heterocycles. The predicted octanol–water partition coefficient (Wildman–Crippen LogP) is 4.26. The second kappa shape index (κ2) is 7.56. The zero-order valence-corrected chi connectivity index (χ0v) is 12.4. The highest BCUT2D eigenvalue weighted by atomic mass is 31.2. The van der Waals surface area contributed by atoms with Crippen LogP contribution in [0.5, 0.6) is 0 Å². The third-order valence-electron chi connectivity index (χ3n) is 3.23. The van der Waals surface area contributed by atoms with Crippen molar-refractivity contribution in [3.8, 4) is 0 Å². The molecule has 0 bridgehead atoms. The van der Waals surface area contributed by atoms with Gasteiger partial charge in [-0.3, -0.25) is 4.57 Å². The van der Waals surface area contributed by atoms with Gasteiger partial charge in [0.15, 0.2) is 0 Å². The molecule has 0 aromatic heterocycles. The maximum absolute atomic E-state index is 12.6. The zero-order chi connectivity index (χ0) is 12.7. The lowest BCUT2D eigenvalue weighted by Crippen LogP contribution is -2.16. The highest BCUT2D eigenvalue weighted by Crippen LogP contribution is 2.50. The maximum Gasteiger partial charge on any atom is 0.228 e. The summed E-state index contributed by atoms with van der Waals surface area (Å²) < 4.78 is 23.7. The van der Waals surface area contributed by atoms with Crippen LogP contribution in [0.2, 0.25) is 0 Å². The van der Waals surface area contributed by atoms with Gasteiger partial charge in [0.25, 0.3) is 0 Å². The summed E-state index contributed by atoms with van der Waals surface area (Å²) >= 11 is 0. The van der Waals surface area contributed by atoms with E-state index in [0.717, 1.165) is 0 Å². The van der Waals surface area contributed by atoms with Crippen LogP contribution in [0, 0.1) is 5.92 Å². The highest BCUT2D eigenvalue weighted by Gasteiger charge is 2.29. The molecule has 17 heavy (non-hydrogen) atoms. The largest absolute Gasteiger partial charge is 0.369 e. The van der Waals surface area contributed by atoms with Gasteiger partial charge in [-0.05, 0) is 39.5 Å². The first-order valence-corrected chi connectivity index (χ1v) is 8.89. The third kappa shape index (κ3) is 6.03. The zero-order valence-electron chi connectivity index (χ0n) is 11.5. The van der Waals surface area contributed by atoms with Crippen molar-refractivity contribution >= 4 is 7.37 Å². The van der Waals surface area contributed by atoms with Gasteiger partial charge in [0.2, 0.25) is 7.37 Å². The molecule has 1 saturated carbocycles. The van der Waals surface area contributed by atoms with Crippen molar-refractivity contribution in [3.05, 3.63) is 0 Å². The monoisotopic (exact) mass is 262 g/mol. The van der Waals surface area contributed by atoms with E-state index in [9.17, 15) is 4.57 Å². The van der Waals surface area contributed by atoms with Crippen molar-refractivity contribution in [2.24, 2.45) is 5.92 Å². The molecule has 1 atom stereocenters. The van der Waals surface area contributed by atoms with Gasteiger partial charge in [0.05, 0.1) is 12.7 Å². The van der Waals surface area contributed by atoms with Gasteiger partial charge in [0, 0.05) is 6.16 Å². The molecule has 3 nitrogen and oxygen atoms in total. The van der Waals surface area contributed by atoms with Crippen molar-refractivity contribution in [2.45, 2.75) is 59.0 Å². The Hall–Kier alpha value is 0.150. The van der Waals surface area contributed by atoms with Crippen LogP contribution in [0.25, 0.3) is 0 Å². The minimum Gasteiger partial charge on any atom is -0.369 e. The molecule has 0 N–H and O–H groups in total. The van der Waals surface area contributed by atoms with E-state index in [2.05, 4.69) is 0 Å². The number of rotatable bonds is 7. The van der Waals surface area contributed by atoms with E-state index in [0.29, 0.717) is 18.7 Å². The van der Waals surface area contributed by atoms with Crippen LogP contribution in [0.1, 0.15) is 52.9 Å². The molecule has 4 heteroatoms. The predicted molar refractivity (Wildman–Crippen MR) is 71.8 cm³/mol. The second-order valence-corrected chi connectivity index (χ2v) is 7.77. The molecule has 0 aromatic carbocycles. The molecular formula is C13H27O3P. The van der Waals surface area contributed by atoms with Gasteiger partial charge in [-0.1, -0.05) is 19.3 Å². The first kappa shape index (κ1) is 15.2. The Labute approximate surface area is 106 Å². The third-order valence-corrected chi connectivity index (χ3v) is 5.57. The van der Waals surface area contributed by atoms with Crippen molar-refractivity contribution in [2.75, 3.05) is 19.1 Å². The number of ether oxygens (including phenoxy) is 1. The number of hydrogen-bond donors (Lipinski definition) is 0. The molecule has 1 aliphatic rings. The van der Waals surface area contributed by atoms with Crippen molar-refractivity contribution in [1.82, 2.24) is 0 Å². The summed E-state index contributed by atoms with van der Waals surface area (Å²) in [5, 5.41) is 0. The average Bonchev–Trinajstić information content (AvgIpc) is 2.28. The van der Waals surface area contributed by atoms with E-state index < -0.39 is 7.37 Å². The summed E-state index contributed by atoms with van der Waals surface area (Å²) in [6.45, 7) is 6.36. The van der Waals surface area contributed by atoms with Gasteiger partial charge >= 0.3 is 0 Å². The lowest BCUT2D eigenvalue weighted by Gasteiger charge is -2.27. The molecule has 0 spiro atoms. The van der Waals surface area contributed by atoms with E-state index in [-0.39, 0.29) is 12.5 Å². The summed E-state index contributed by atoms with van der Waals surface area (Å²) in [4.78, 5) is 0.